The smallest absolute Gasteiger partial charge is 0.119 e. The van der Waals surface area contributed by atoms with Gasteiger partial charge >= 0.3 is 0 Å². The number of rotatable bonds is 5. The fraction of sp³-hybridized carbons (Fsp3) is 0.286. The van der Waals surface area contributed by atoms with Crippen molar-refractivity contribution in [2.24, 2.45) is 0 Å². The first kappa shape index (κ1) is 12.5. The summed E-state index contributed by atoms with van der Waals surface area (Å²) in [5, 5.41) is 11.2. The first-order valence-electron chi connectivity index (χ1n) is 5.99. The highest BCUT2D eigenvalue weighted by Gasteiger charge is 2.13. The van der Waals surface area contributed by atoms with Gasteiger partial charge in [0, 0.05) is 6.20 Å². The van der Waals surface area contributed by atoms with Gasteiger partial charge in [-0.1, -0.05) is 19.1 Å². The molecule has 2 aromatic rings. The Labute approximate surface area is 107 Å². The second-order valence-corrected chi connectivity index (χ2v) is 3.94. The number of nitrogens with one attached hydrogen (secondary N) is 1. The normalized spacial score (nSPS) is 12.1. The Morgan fingerprint density at radius 3 is 2.78 bits per heavy atom. The lowest BCUT2D eigenvalue weighted by Gasteiger charge is -2.18. The molecule has 1 N–H and O–H groups in total. The van der Waals surface area contributed by atoms with Gasteiger partial charge in [-0.3, -0.25) is 0 Å². The van der Waals surface area contributed by atoms with Crippen LogP contribution in [0, 0.1) is 0 Å². The van der Waals surface area contributed by atoms with Crippen molar-refractivity contribution in [1.29, 1.82) is 0 Å². The molecule has 0 bridgehead atoms. The minimum Gasteiger partial charge on any atom is -0.497 e. The Morgan fingerprint density at radius 1 is 1.22 bits per heavy atom. The van der Waals surface area contributed by atoms with Crippen LogP contribution in [0.3, 0.4) is 0 Å². The van der Waals surface area contributed by atoms with E-state index in [4.69, 9.17) is 4.74 Å². The number of hydrogen-bond acceptors (Lipinski definition) is 4. The molecule has 1 heterocycles. The van der Waals surface area contributed by atoms with Gasteiger partial charge < -0.3 is 10.1 Å². The van der Waals surface area contributed by atoms with Crippen molar-refractivity contribution in [2.75, 3.05) is 13.7 Å². The molecule has 0 aliphatic heterocycles. The zero-order chi connectivity index (χ0) is 12.8. The van der Waals surface area contributed by atoms with Crippen molar-refractivity contribution in [1.82, 2.24) is 15.5 Å². The summed E-state index contributed by atoms with van der Waals surface area (Å²) < 4.78 is 5.26. The molecule has 0 aliphatic carbocycles. The van der Waals surface area contributed by atoms with Crippen molar-refractivity contribution in [3.63, 3.8) is 0 Å². The van der Waals surface area contributed by atoms with E-state index in [1.807, 2.05) is 24.3 Å². The predicted octanol–water partition coefficient (Wildman–Crippen LogP) is 2.18. The molecular formula is C14H17N3O. The minimum absolute atomic E-state index is 0.112. The third-order valence-corrected chi connectivity index (χ3v) is 2.78. The molecule has 1 atom stereocenters. The van der Waals surface area contributed by atoms with E-state index in [0.29, 0.717) is 0 Å². The number of hydrogen-bond donors (Lipinski definition) is 1. The van der Waals surface area contributed by atoms with Crippen LogP contribution in [0.25, 0.3) is 0 Å². The van der Waals surface area contributed by atoms with Crippen molar-refractivity contribution in [3.8, 4) is 5.75 Å². The van der Waals surface area contributed by atoms with Crippen LogP contribution in [-0.2, 0) is 0 Å². The van der Waals surface area contributed by atoms with E-state index in [9.17, 15) is 0 Å². The fourth-order valence-corrected chi connectivity index (χ4v) is 1.93. The Bertz CT molecular complexity index is 487. The Morgan fingerprint density at radius 2 is 2.11 bits per heavy atom. The molecule has 94 valence electrons. The topological polar surface area (TPSA) is 47.0 Å². The average Bonchev–Trinajstić information content (AvgIpc) is 2.46. The molecule has 1 aromatic heterocycles. The molecule has 0 saturated carbocycles. The zero-order valence-corrected chi connectivity index (χ0v) is 10.6. The summed E-state index contributed by atoms with van der Waals surface area (Å²) in [5.41, 5.74) is 2.25. The van der Waals surface area contributed by atoms with Crippen LogP contribution in [0.4, 0.5) is 0 Å². The average molecular weight is 243 g/mol. The molecule has 0 saturated heterocycles. The molecule has 0 spiro atoms. The zero-order valence-electron chi connectivity index (χ0n) is 10.6. The minimum atomic E-state index is 0.112. The van der Waals surface area contributed by atoms with Crippen LogP contribution in [0.1, 0.15) is 24.1 Å². The highest BCUT2D eigenvalue weighted by atomic mass is 16.5. The van der Waals surface area contributed by atoms with E-state index < -0.39 is 0 Å². The van der Waals surface area contributed by atoms with Crippen LogP contribution in [0.2, 0.25) is 0 Å². The summed E-state index contributed by atoms with van der Waals surface area (Å²) in [6, 6.07) is 10.1. The second kappa shape index (κ2) is 6.12. The van der Waals surface area contributed by atoms with E-state index in [0.717, 1.165) is 23.4 Å². The Balaban J connectivity index is 2.35. The fourth-order valence-electron chi connectivity index (χ4n) is 1.93. The summed E-state index contributed by atoms with van der Waals surface area (Å²) in [5.74, 6) is 0.859. The van der Waals surface area contributed by atoms with Crippen molar-refractivity contribution in [3.05, 3.63) is 53.9 Å². The van der Waals surface area contributed by atoms with Gasteiger partial charge in [0.05, 0.1) is 19.3 Å². The highest BCUT2D eigenvalue weighted by Crippen LogP contribution is 2.24. The first-order chi connectivity index (χ1) is 8.85. The highest BCUT2D eigenvalue weighted by molar-refractivity contribution is 5.35. The summed E-state index contributed by atoms with van der Waals surface area (Å²) in [6.45, 7) is 2.96. The molecule has 0 aliphatic rings. The molecule has 0 fully saturated rings. The first-order valence-corrected chi connectivity index (χ1v) is 5.99. The summed E-state index contributed by atoms with van der Waals surface area (Å²) in [7, 11) is 1.68. The van der Waals surface area contributed by atoms with Gasteiger partial charge in [-0.25, -0.2) is 0 Å². The van der Waals surface area contributed by atoms with E-state index in [2.05, 4.69) is 28.5 Å². The van der Waals surface area contributed by atoms with Crippen LogP contribution in [0.15, 0.2) is 42.7 Å². The van der Waals surface area contributed by atoms with Crippen LogP contribution in [-0.4, -0.2) is 23.9 Å². The maximum absolute atomic E-state index is 5.26. The van der Waals surface area contributed by atoms with Crippen LogP contribution in [0.5, 0.6) is 5.75 Å². The van der Waals surface area contributed by atoms with Gasteiger partial charge in [0.15, 0.2) is 0 Å². The lowest BCUT2D eigenvalue weighted by atomic mass is 10.0. The number of ether oxygens (including phenoxy) is 1. The largest absolute Gasteiger partial charge is 0.497 e. The second-order valence-electron chi connectivity index (χ2n) is 3.94. The molecule has 4 nitrogen and oxygen atoms in total. The number of benzene rings is 1. The van der Waals surface area contributed by atoms with Crippen molar-refractivity contribution < 1.29 is 4.74 Å². The van der Waals surface area contributed by atoms with E-state index in [1.165, 1.54) is 0 Å². The van der Waals surface area contributed by atoms with Gasteiger partial charge in [-0.15, -0.1) is 0 Å². The molecule has 18 heavy (non-hydrogen) atoms. The molecule has 2 rings (SSSR count). The Hall–Kier alpha value is -1.94. The number of nitrogens with zero attached hydrogens (tertiary/aromatic N) is 2. The maximum atomic E-state index is 5.26. The monoisotopic (exact) mass is 243 g/mol. The Kier molecular flexibility index (Phi) is 4.25. The molecule has 1 aromatic carbocycles. The molecule has 0 radical (unpaired) electrons. The van der Waals surface area contributed by atoms with Crippen molar-refractivity contribution in [2.45, 2.75) is 13.0 Å². The third-order valence-electron chi connectivity index (χ3n) is 2.78. The van der Waals surface area contributed by atoms with E-state index >= 15 is 0 Å². The standard InChI is InChI=1S/C14H17N3O/c1-3-15-14(12-7-8-16-17-10-12)11-5-4-6-13(9-11)18-2/h4-10,14-15H,3H2,1-2H3. The number of aromatic nitrogens is 2. The van der Waals surface area contributed by atoms with Gasteiger partial charge in [0.2, 0.25) is 0 Å². The van der Waals surface area contributed by atoms with Gasteiger partial charge in [-0.2, -0.15) is 10.2 Å². The van der Waals surface area contributed by atoms with E-state index in [-0.39, 0.29) is 6.04 Å². The maximum Gasteiger partial charge on any atom is 0.119 e. The number of methoxy groups -OCH3 is 1. The van der Waals surface area contributed by atoms with Gasteiger partial charge in [-0.05, 0) is 35.9 Å². The molecular weight excluding hydrogens is 226 g/mol. The molecule has 1 unspecified atom stereocenters. The SMILES string of the molecule is CCNC(c1ccnnc1)c1cccc(OC)c1. The quantitative estimate of drug-likeness (QED) is 0.874. The van der Waals surface area contributed by atoms with E-state index in [1.54, 1.807) is 19.5 Å². The van der Waals surface area contributed by atoms with Gasteiger partial charge in [0.25, 0.3) is 0 Å². The predicted molar refractivity (Wildman–Crippen MR) is 70.5 cm³/mol. The summed E-state index contributed by atoms with van der Waals surface area (Å²) in [4.78, 5) is 0. The van der Waals surface area contributed by atoms with Crippen LogP contribution >= 0.6 is 0 Å². The van der Waals surface area contributed by atoms with Crippen LogP contribution < -0.4 is 10.1 Å². The van der Waals surface area contributed by atoms with Gasteiger partial charge in [0.1, 0.15) is 5.75 Å². The molecule has 4 heteroatoms. The third kappa shape index (κ3) is 2.84. The lowest BCUT2D eigenvalue weighted by molar-refractivity contribution is 0.413. The summed E-state index contributed by atoms with van der Waals surface area (Å²) in [6.07, 6.45) is 3.49. The lowest BCUT2D eigenvalue weighted by Crippen LogP contribution is -2.22. The summed E-state index contributed by atoms with van der Waals surface area (Å²) >= 11 is 0. The van der Waals surface area contributed by atoms with Crippen molar-refractivity contribution >= 4 is 0 Å². The molecule has 0 amide bonds.